The van der Waals surface area contributed by atoms with Gasteiger partial charge in [0.15, 0.2) is 0 Å². The Morgan fingerprint density at radius 1 is 1.10 bits per heavy atom. The second-order valence-electron chi connectivity index (χ2n) is 7.41. The van der Waals surface area contributed by atoms with Crippen molar-refractivity contribution in [2.24, 2.45) is 7.05 Å². The summed E-state index contributed by atoms with van der Waals surface area (Å²) in [5, 5.41) is 9.19. The molecule has 0 radical (unpaired) electrons. The molecule has 150 valence electrons. The fourth-order valence-corrected chi connectivity index (χ4v) is 3.76. The minimum Gasteiger partial charge on any atom is -0.461 e. The third kappa shape index (κ3) is 4.35. The lowest BCUT2D eigenvalue weighted by Crippen LogP contribution is -2.28. The fraction of sp³-hybridized carbons (Fsp3) is 0.364. The first-order chi connectivity index (χ1) is 14.1. The Hall–Kier alpha value is -3.06. The summed E-state index contributed by atoms with van der Waals surface area (Å²) in [4.78, 5) is 24.9. The van der Waals surface area contributed by atoms with Crippen LogP contribution in [0.4, 0.5) is 0 Å². The molecule has 0 saturated heterocycles. The highest BCUT2D eigenvalue weighted by molar-refractivity contribution is 5.52. The molecule has 3 aromatic rings. The van der Waals surface area contributed by atoms with E-state index in [0.29, 0.717) is 23.3 Å². The molecule has 1 fully saturated rings. The molecule has 7 heteroatoms. The summed E-state index contributed by atoms with van der Waals surface area (Å²) in [6, 6.07) is 11.7. The van der Waals surface area contributed by atoms with Crippen LogP contribution in [0.1, 0.15) is 42.7 Å². The summed E-state index contributed by atoms with van der Waals surface area (Å²) in [6.07, 6.45) is 6.92. The lowest BCUT2D eigenvalue weighted by molar-refractivity contribution is 0.128. The van der Waals surface area contributed by atoms with Gasteiger partial charge < -0.3 is 9.84 Å². The molecule has 7 nitrogen and oxygen atoms in total. The Morgan fingerprint density at radius 3 is 2.52 bits per heavy atom. The van der Waals surface area contributed by atoms with Crippen molar-refractivity contribution in [1.29, 1.82) is 0 Å². The van der Waals surface area contributed by atoms with Gasteiger partial charge in [0.05, 0.1) is 18.0 Å². The molecule has 2 aromatic heterocycles. The maximum atomic E-state index is 12.3. The quantitative estimate of drug-likeness (QED) is 0.718. The van der Waals surface area contributed by atoms with Crippen molar-refractivity contribution in [3.8, 4) is 17.4 Å². The summed E-state index contributed by atoms with van der Waals surface area (Å²) in [7, 11) is 1.67. The van der Waals surface area contributed by atoms with Gasteiger partial charge in [0.25, 0.3) is 11.6 Å². The molecule has 1 N–H and O–H groups in total. The number of nitrogens with zero attached hydrogens (tertiary/aromatic N) is 4. The molecule has 0 aliphatic heterocycles. The summed E-state index contributed by atoms with van der Waals surface area (Å²) < 4.78 is 7.56. The van der Waals surface area contributed by atoms with Crippen molar-refractivity contribution >= 4 is 0 Å². The van der Waals surface area contributed by atoms with Crippen LogP contribution in [-0.2, 0) is 13.7 Å². The van der Waals surface area contributed by atoms with E-state index in [0.717, 1.165) is 31.2 Å². The van der Waals surface area contributed by atoms with E-state index in [9.17, 15) is 9.90 Å². The van der Waals surface area contributed by atoms with E-state index in [2.05, 4.69) is 27.1 Å². The highest BCUT2D eigenvalue weighted by Crippen LogP contribution is 2.34. The Balaban J connectivity index is 1.45. The minimum absolute atomic E-state index is 0.0294. The van der Waals surface area contributed by atoms with E-state index in [-0.39, 0.29) is 18.3 Å². The number of ether oxygens (including phenoxy) is 1. The van der Waals surface area contributed by atoms with E-state index in [1.165, 1.54) is 22.5 Å². The predicted molar refractivity (Wildman–Crippen MR) is 108 cm³/mol. The zero-order valence-corrected chi connectivity index (χ0v) is 16.4. The Bertz CT molecular complexity index is 1010. The van der Waals surface area contributed by atoms with Gasteiger partial charge in [-0.25, -0.2) is 9.97 Å². The van der Waals surface area contributed by atoms with Gasteiger partial charge in [0.2, 0.25) is 0 Å². The Kier molecular flexibility index (Phi) is 5.67. The van der Waals surface area contributed by atoms with E-state index >= 15 is 0 Å². The van der Waals surface area contributed by atoms with Crippen LogP contribution in [0.25, 0.3) is 11.4 Å². The third-order valence-corrected chi connectivity index (χ3v) is 5.52. The molecular formula is C22H24N4O3. The maximum absolute atomic E-state index is 12.3. The standard InChI is InChI=1S/C22H24N4O3/c1-26-21(28)12-20(19-10-11-23-14-24-19)25-22(26)29-18-8-6-17(7-9-18)16-4-2-15(13-27)3-5-16/h2-5,10-12,14,17-18,27H,6-9,13H2,1H3/t17-,18-. The molecule has 1 saturated carbocycles. The molecule has 4 rings (SSSR count). The van der Waals surface area contributed by atoms with Gasteiger partial charge in [-0.3, -0.25) is 9.36 Å². The van der Waals surface area contributed by atoms with Gasteiger partial charge >= 0.3 is 0 Å². The SMILES string of the molecule is Cn1c(O[C@H]2CC[C@H](c3ccc(CO)cc3)CC2)nc(-c2ccncn2)cc1=O. The monoisotopic (exact) mass is 392 g/mol. The molecule has 1 aliphatic rings. The summed E-state index contributed by atoms with van der Waals surface area (Å²) in [5.74, 6) is 0.492. The molecule has 0 bridgehead atoms. The largest absolute Gasteiger partial charge is 0.461 e. The van der Waals surface area contributed by atoms with Gasteiger partial charge in [0.1, 0.15) is 12.4 Å². The Morgan fingerprint density at radius 2 is 1.86 bits per heavy atom. The molecule has 29 heavy (non-hydrogen) atoms. The number of rotatable bonds is 5. The molecule has 1 aromatic carbocycles. The van der Waals surface area contributed by atoms with Gasteiger partial charge in [-0.15, -0.1) is 0 Å². The summed E-state index contributed by atoms with van der Waals surface area (Å²) in [5.41, 5.74) is 3.14. The molecule has 0 amide bonds. The first kappa shape index (κ1) is 19.3. The number of benzene rings is 1. The van der Waals surface area contributed by atoms with Crippen molar-refractivity contribution in [2.45, 2.75) is 44.3 Å². The van der Waals surface area contributed by atoms with Gasteiger partial charge in [-0.2, -0.15) is 4.98 Å². The first-order valence-corrected chi connectivity index (χ1v) is 9.85. The first-order valence-electron chi connectivity index (χ1n) is 9.85. The minimum atomic E-state index is -0.179. The average Bonchev–Trinajstić information content (AvgIpc) is 2.78. The second kappa shape index (κ2) is 8.53. The lowest BCUT2D eigenvalue weighted by atomic mass is 9.82. The van der Waals surface area contributed by atoms with Crippen LogP contribution < -0.4 is 10.3 Å². The molecule has 0 atom stereocenters. The topological polar surface area (TPSA) is 90.1 Å². The van der Waals surface area contributed by atoms with Crippen molar-refractivity contribution in [3.63, 3.8) is 0 Å². The molecule has 0 unspecified atom stereocenters. The van der Waals surface area contributed by atoms with Crippen molar-refractivity contribution in [1.82, 2.24) is 19.5 Å². The van der Waals surface area contributed by atoms with Gasteiger partial charge in [-0.05, 0) is 48.8 Å². The number of aliphatic hydroxyl groups is 1. The molecule has 1 aliphatic carbocycles. The highest BCUT2D eigenvalue weighted by Gasteiger charge is 2.25. The van der Waals surface area contributed by atoms with Gasteiger partial charge in [0, 0.05) is 19.3 Å². The zero-order chi connectivity index (χ0) is 20.2. The smallest absolute Gasteiger partial charge is 0.299 e. The normalized spacial score (nSPS) is 19.1. The van der Waals surface area contributed by atoms with Crippen LogP contribution in [0.2, 0.25) is 0 Å². The van der Waals surface area contributed by atoms with Crippen LogP contribution in [0.5, 0.6) is 6.01 Å². The van der Waals surface area contributed by atoms with Crippen LogP contribution in [-0.4, -0.2) is 30.7 Å². The number of hydrogen-bond donors (Lipinski definition) is 1. The van der Waals surface area contributed by atoms with E-state index in [4.69, 9.17) is 4.74 Å². The fourth-order valence-electron chi connectivity index (χ4n) is 3.76. The van der Waals surface area contributed by atoms with Gasteiger partial charge in [-0.1, -0.05) is 24.3 Å². The molecule has 2 heterocycles. The summed E-state index contributed by atoms with van der Waals surface area (Å²) in [6.45, 7) is 0.0701. The number of hydrogen-bond acceptors (Lipinski definition) is 6. The maximum Gasteiger partial charge on any atom is 0.299 e. The lowest BCUT2D eigenvalue weighted by Gasteiger charge is -2.29. The van der Waals surface area contributed by atoms with Crippen LogP contribution in [0.3, 0.4) is 0 Å². The Labute approximate surface area is 169 Å². The number of aromatic nitrogens is 4. The molecular weight excluding hydrogens is 368 g/mol. The molecule has 0 spiro atoms. The van der Waals surface area contributed by atoms with Crippen molar-refractivity contribution in [2.75, 3.05) is 0 Å². The van der Waals surface area contributed by atoms with E-state index < -0.39 is 0 Å². The van der Waals surface area contributed by atoms with Crippen LogP contribution in [0, 0.1) is 0 Å². The summed E-state index contributed by atoms with van der Waals surface area (Å²) >= 11 is 0. The zero-order valence-electron chi connectivity index (χ0n) is 16.4. The van der Waals surface area contributed by atoms with Crippen LogP contribution in [0.15, 0.2) is 53.7 Å². The third-order valence-electron chi connectivity index (χ3n) is 5.52. The van der Waals surface area contributed by atoms with E-state index in [1.54, 1.807) is 19.3 Å². The van der Waals surface area contributed by atoms with E-state index in [1.807, 2.05) is 12.1 Å². The van der Waals surface area contributed by atoms with Crippen molar-refractivity contribution < 1.29 is 9.84 Å². The average molecular weight is 392 g/mol. The van der Waals surface area contributed by atoms with Crippen LogP contribution >= 0.6 is 0 Å². The number of aliphatic hydroxyl groups excluding tert-OH is 1. The highest BCUT2D eigenvalue weighted by atomic mass is 16.5. The predicted octanol–water partition coefficient (Wildman–Crippen LogP) is 2.83. The second-order valence-corrected chi connectivity index (χ2v) is 7.41. The van der Waals surface area contributed by atoms with Crippen molar-refractivity contribution in [3.05, 3.63) is 70.4 Å².